The van der Waals surface area contributed by atoms with E-state index < -0.39 is 0 Å². The number of nitrogens with one attached hydrogen (secondary N) is 1. The van der Waals surface area contributed by atoms with Crippen LogP contribution < -0.4 is 5.32 Å². The van der Waals surface area contributed by atoms with Crippen molar-refractivity contribution >= 4 is 29.2 Å². The first-order valence-corrected chi connectivity index (χ1v) is 7.82. The fraction of sp³-hybridized carbons (Fsp3) is 0.111. The Labute approximate surface area is 143 Å². The molecule has 122 valence electrons. The molecule has 24 heavy (non-hydrogen) atoms. The van der Waals surface area contributed by atoms with Crippen molar-refractivity contribution in [2.24, 2.45) is 0 Å². The van der Waals surface area contributed by atoms with E-state index in [1.807, 2.05) is 12.1 Å². The minimum atomic E-state index is -0.313. The van der Waals surface area contributed by atoms with Gasteiger partial charge in [0.1, 0.15) is 11.5 Å². The number of nitrogens with zero attached hydrogens (tertiary/aromatic N) is 2. The Kier molecular flexibility index (Phi) is 4.91. The van der Waals surface area contributed by atoms with Gasteiger partial charge in [-0.05, 0) is 35.9 Å². The first kappa shape index (κ1) is 16.2. The molecule has 4 nitrogen and oxygen atoms in total. The highest BCUT2D eigenvalue weighted by Crippen LogP contribution is 2.10. The van der Waals surface area contributed by atoms with Gasteiger partial charge in [-0.15, -0.1) is 0 Å². The van der Waals surface area contributed by atoms with Gasteiger partial charge >= 0.3 is 0 Å². The summed E-state index contributed by atoms with van der Waals surface area (Å²) in [7, 11) is 0. The molecule has 0 aliphatic carbocycles. The number of pyridine rings is 1. The second-order valence-electron chi connectivity index (χ2n) is 5.27. The van der Waals surface area contributed by atoms with Gasteiger partial charge in [0.15, 0.2) is 0 Å². The Hall–Kier alpha value is -2.66. The third-order valence-corrected chi connectivity index (χ3v) is 3.69. The minimum absolute atomic E-state index is 0.181. The van der Waals surface area contributed by atoms with E-state index in [0.29, 0.717) is 23.6 Å². The van der Waals surface area contributed by atoms with Crippen LogP contribution in [0.15, 0.2) is 54.9 Å². The van der Waals surface area contributed by atoms with Crippen LogP contribution in [-0.4, -0.2) is 21.8 Å². The molecule has 0 aliphatic heterocycles. The van der Waals surface area contributed by atoms with Crippen LogP contribution in [0.3, 0.4) is 0 Å². The van der Waals surface area contributed by atoms with Gasteiger partial charge in [-0.25, -0.2) is 9.37 Å². The quantitative estimate of drug-likeness (QED) is 0.721. The Morgan fingerprint density at radius 2 is 2.00 bits per heavy atom. The molecule has 1 N–H and O–H groups in total. The maximum absolute atomic E-state index is 13.1. The SMILES string of the molecule is O=C(/C=C/c1ccc(Cl)cc1)NCCc1cn2cc(F)ccc2n1. The number of halogens is 2. The van der Waals surface area contributed by atoms with Crippen molar-refractivity contribution in [2.75, 3.05) is 6.54 Å². The second-order valence-corrected chi connectivity index (χ2v) is 5.71. The van der Waals surface area contributed by atoms with Gasteiger partial charge < -0.3 is 9.72 Å². The molecule has 0 bridgehead atoms. The molecule has 0 spiro atoms. The number of imidazole rings is 1. The topological polar surface area (TPSA) is 46.4 Å². The molecule has 3 aromatic rings. The molecule has 0 aliphatic rings. The third kappa shape index (κ3) is 4.20. The fourth-order valence-electron chi connectivity index (χ4n) is 2.26. The second kappa shape index (κ2) is 7.27. The first-order valence-electron chi connectivity index (χ1n) is 7.45. The number of hydrogen-bond acceptors (Lipinski definition) is 2. The van der Waals surface area contributed by atoms with Crippen molar-refractivity contribution in [2.45, 2.75) is 6.42 Å². The lowest BCUT2D eigenvalue weighted by atomic mass is 10.2. The van der Waals surface area contributed by atoms with Crippen LogP contribution in [0.1, 0.15) is 11.3 Å². The molecule has 0 unspecified atom stereocenters. The summed E-state index contributed by atoms with van der Waals surface area (Å²) >= 11 is 5.81. The van der Waals surface area contributed by atoms with Gasteiger partial charge in [0, 0.05) is 36.5 Å². The average molecular weight is 344 g/mol. The molecule has 0 radical (unpaired) electrons. The molecular formula is C18H15ClFN3O. The fourth-order valence-corrected chi connectivity index (χ4v) is 2.38. The number of rotatable bonds is 5. The highest BCUT2D eigenvalue weighted by molar-refractivity contribution is 6.30. The zero-order chi connectivity index (χ0) is 16.9. The number of amides is 1. The van der Waals surface area contributed by atoms with Crippen molar-refractivity contribution < 1.29 is 9.18 Å². The average Bonchev–Trinajstić information content (AvgIpc) is 2.96. The van der Waals surface area contributed by atoms with E-state index in [-0.39, 0.29) is 11.7 Å². The Morgan fingerprint density at radius 1 is 1.21 bits per heavy atom. The van der Waals surface area contributed by atoms with Crippen molar-refractivity contribution in [3.8, 4) is 0 Å². The molecule has 2 heterocycles. The van der Waals surface area contributed by atoms with Gasteiger partial charge in [0.25, 0.3) is 0 Å². The first-order chi connectivity index (χ1) is 11.6. The Bertz CT molecular complexity index is 887. The molecule has 0 fully saturated rings. The van der Waals surface area contributed by atoms with Gasteiger partial charge in [0.05, 0.1) is 5.69 Å². The van der Waals surface area contributed by atoms with Gasteiger partial charge in [0.2, 0.25) is 5.91 Å². The number of benzene rings is 1. The smallest absolute Gasteiger partial charge is 0.244 e. The maximum Gasteiger partial charge on any atom is 0.244 e. The number of carbonyl (C=O) groups excluding carboxylic acids is 1. The molecule has 2 aromatic heterocycles. The summed E-state index contributed by atoms with van der Waals surface area (Å²) in [4.78, 5) is 16.2. The lowest BCUT2D eigenvalue weighted by Crippen LogP contribution is -2.23. The summed E-state index contributed by atoms with van der Waals surface area (Å²) in [5, 5.41) is 3.45. The highest BCUT2D eigenvalue weighted by atomic mass is 35.5. The number of carbonyl (C=O) groups is 1. The predicted molar refractivity (Wildman–Crippen MR) is 92.3 cm³/mol. The lowest BCUT2D eigenvalue weighted by Gasteiger charge is -1.99. The zero-order valence-electron chi connectivity index (χ0n) is 12.7. The zero-order valence-corrected chi connectivity index (χ0v) is 13.5. The van der Waals surface area contributed by atoms with E-state index in [1.165, 1.54) is 18.3 Å². The largest absolute Gasteiger partial charge is 0.352 e. The van der Waals surface area contributed by atoms with Crippen molar-refractivity contribution in [3.63, 3.8) is 0 Å². The van der Waals surface area contributed by atoms with Crippen LogP contribution in [0.5, 0.6) is 0 Å². The van der Waals surface area contributed by atoms with Crippen LogP contribution >= 0.6 is 11.6 Å². The van der Waals surface area contributed by atoms with Crippen LogP contribution in [0.25, 0.3) is 11.7 Å². The van der Waals surface area contributed by atoms with E-state index in [4.69, 9.17) is 11.6 Å². The number of aromatic nitrogens is 2. The molecule has 3 rings (SSSR count). The van der Waals surface area contributed by atoms with E-state index in [9.17, 15) is 9.18 Å². The van der Waals surface area contributed by atoms with E-state index in [0.717, 1.165) is 11.3 Å². The standard InChI is InChI=1S/C18H15ClFN3O/c19-14-4-1-13(2-5-14)3-8-18(24)21-10-9-16-12-23-11-15(20)6-7-17(23)22-16/h1-8,11-12H,9-10H2,(H,21,24)/b8-3+. The molecule has 0 saturated heterocycles. The number of hydrogen-bond donors (Lipinski definition) is 1. The molecule has 6 heteroatoms. The van der Waals surface area contributed by atoms with Gasteiger partial charge in [-0.2, -0.15) is 0 Å². The Morgan fingerprint density at radius 3 is 2.79 bits per heavy atom. The van der Waals surface area contributed by atoms with Crippen LogP contribution in [0.2, 0.25) is 5.02 Å². The van der Waals surface area contributed by atoms with E-state index >= 15 is 0 Å². The summed E-state index contributed by atoms with van der Waals surface area (Å²) in [5.74, 6) is -0.494. The van der Waals surface area contributed by atoms with E-state index in [2.05, 4.69) is 10.3 Å². The summed E-state index contributed by atoms with van der Waals surface area (Å²) < 4.78 is 14.8. The third-order valence-electron chi connectivity index (χ3n) is 3.44. The summed E-state index contributed by atoms with van der Waals surface area (Å²) in [6.07, 6.45) is 6.90. The molecule has 0 atom stereocenters. The van der Waals surface area contributed by atoms with Crippen molar-refractivity contribution in [1.29, 1.82) is 0 Å². The summed E-state index contributed by atoms with van der Waals surface area (Å²) in [5.41, 5.74) is 2.37. The van der Waals surface area contributed by atoms with Crippen LogP contribution in [0.4, 0.5) is 4.39 Å². The van der Waals surface area contributed by atoms with Gasteiger partial charge in [-0.1, -0.05) is 23.7 Å². The van der Waals surface area contributed by atoms with E-state index in [1.54, 1.807) is 34.9 Å². The van der Waals surface area contributed by atoms with Crippen LogP contribution in [0, 0.1) is 5.82 Å². The highest BCUT2D eigenvalue weighted by Gasteiger charge is 2.03. The van der Waals surface area contributed by atoms with Crippen molar-refractivity contribution in [1.82, 2.24) is 14.7 Å². The Balaban J connectivity index is 1.51. The predicted octanol–water partition coefficient (Wildman–Crippen LogP) is 3.50. The lowest BCUT2D eigenvalue weighted by molar-refractivity contribution is -0.116. The summed E-state index contributed by atoms with van der Waals surface area (Å²) in [6, 6.07) is 10.2. The number of fused-ring (bicyclic) bond motifs is 1. The van der Waals surface area contributed by atoms with Crippen LogP contribution in [-0.2, 0) is 11.2 Å². The normalized spacial score (nSPS) is 11.2. The monoisotopic (exact) mass is 343 g/mol. The van der Waals surface area contributed by atoms with Gasteiger partial charge in [-0.3, -0.25) is 4.79 Å². The minimum Gasteiger partial charge on any atom is -0.352 e. The molecule has 1 amide bonds. The maximum atomic E-state index is 13.1. The summed E-state index contributed by atoms with van der Waals surface area (Å²) in [6.45, 7) is 0.455. The molecule has 0 saturated carbocycles. The molecule has 1 aromatic carbocycles. The molecular weight excluding hydrogens is 329 g/mol. The van der Waals surface area contributed by atoms with Crippen molar-refractivity contribution in [3.05, 3.63) is 77.0 Å².